The summed E-state index contributed by atoms with van der Waals surface area (Å²) in [6.07, 6.45) is 0. The lowest BCUT2D eigenvalue weighted by Gasteiger charge is -2.09. The largest absolute Gasteiger partial charge is 0.381 e. The van der Waals surface area contributed by atoms with Gasteiger partial charge in [-0.3, -0.25) is 0 Å². The zero-order chi connectivity index (χ0) is 14.7. The summed E-state index contributed by atoms with van der Waals surface area (Å²) in [5.74, 6) is -1.17. The maximum absolute atomic E-state index is 13.3. The first-order chi connectivity index (χ1) is 9.49. The summed E-state index contributed by atoms with van der Waals surface area (Å²) in [6.45, 7) is 0.255. The zero-order valence-electron chi connectivity index (χ0n) is 10.1. The molecule has 0 fully saturated rings. The van der Waals surface area contributed by atoms with Gasteiger partial charge >= 0.3 is 0 Å². The molecule has 20 heavy (non-hydrogen) atoms. The Hall–Kier alpha value is -1.83. The quantitative estimate of drug-likeness (QED) is 0.830. The average molecular weight is 313 g/mol. The smallest absolute Gasteiger partial charge is 0.160 e. The lowest BCUT2D eigenvalue weighted by atomic mass is 10.1. The van der Waals surface area contributed by atoms with Crippen LogP contribution in [0.5, 0.6) is 0 Å². The molecule has 0 aliphatic heterocycles. The highest BCUT2D eigenvalue weighted by molar-refractivity contribution is 6.35. The number of benzene rings is 2. The Morgan fingerprint density at radius 2 is 1.70 bits per heavy atom. The van der Waals surface area contributed by atoms with Crippen molar-refractivity contribution >= 4 is 28.9 Å². The fraction of sp³-hybridized carbons (Fsp3) is 0.0714. The number of halogens is 4. The van der Waals surface area contributed by atoms with E-state index in [1.807, 2.05) is 6.07 Å². The highest BCUT2D eigenvalue weighted by Gasteiger charge is 2.07. The summed E-state index contributed by atoms with van der Waals surface area (Å²) >= 11 is 11.3. The molecule has 0 atom stereocenters. The fourth-order valence-corrected chi connectivity index (χ4v) is 2.17. The van der Waals surface area contributed by atoms with Crippen LogP contribution in [-0.2, 0) is 6.54 Å². The maximum atomic E-state index is 13.3. The van der Waals surface area contributed by atoms with Gasteiger partial charge in [0.2, 0.25) is 0 Å². The Balaban J connectivity index is 2.17. The molecule has 0 saturated carbocycles. The summed E-state index contributed by atoms with van der Waals surface area (Å²) in [5.41, 5.74) is 1.32. The molecule has 0 amide bonds. The van der Waals surface area contributed by atoms with E-state index in [1.165, 1.54) is 18.2 Å². The summed E-state index contributed by atoms with van der Waals surface area (Å²) < 4.78 is 26.5. The topological polar surface area (TPSA) is 35.8 Å². The standard InChI is InChI=1S/C14H8Cl2F2N2/c15-12-4-11(5-13(16)14(12)18)20-7-9-1-8(6-19)2-10(17)3-9/h1-5,20H,7H2. The van der Waals surface area contributed by atoms with E-state index in [1.54, 1.807) is 6.07 Å². The molecule has 0 aliphatic carbocycles. The molecule has 2 aromatic rings. The number of rotatable bonds is 3. The third-order valence-electron chi connectivity index (χ3n) is 2.57. The van der Waals surface area contributed by atoms with Gasteiger partial charge in [0.25, 0.3) is 0 Å². The van der Waals surface area contributed by atoms with Crippen molar-refractivity contribution in [1.29, 1.82) is 5.26 Å². The molecule has 0 aromatic heterocycles. The van der Waals surface area contributed by atoms with E-state index in [0.717, 1.165) is 6.07 Å². The second kappa shape index (κ2) is 6.08. The molecule has 0 heterocycles. The first kappa shape index (κ1) is 14.6. The predicted molar refractivity (Wildman–Crippen MR) is 74.9 cm³/mol. The molecule has 6 heteroatoms. The van der Waals surface area contributed by atoms with Crippen LogP contribution >= 0.6 is 23.2 Å². The average Bonchev–Trinajstić information content (AvgIpc) is 2.41. The van der Waals surface area contributed by atoms with Gasteiger partial charge in [-0.1, -0.05) is 23.2 Å². The molecule has 0 unspecified atom stereocenters. The molecular weight excluding hydrogens is 305 g/mol. The normalized spacial score (nSPS) is 10.2. The Labute approximate surface area is 124 Å². The molecule has 0 radical (unpaired) electrons. The maximum Gasteiger partial charge on any atom is 0.160 e. The summed E-state index contributed by atoms with van der Waals surface area (Å²) in [6, 6.07) is 8.65. The van der Waals surface area contributed by atoms with Crippen LogP contribution in [0.4, 0.5) is 14.5 Å². The fourth-order valence-electron chi connectivity index (χ4n) is 1.68. The Morgan fingerprint density at radius 3 is 2.30 bits per heavy atom. The molecule has 1 N–H and O–H groups in total. The number of anilines is 1. The highest BCUT2D eigenvalue weighted by atomic mass is 35.5. The molecule has 2 rings (SSSR count). The van der Waals surface area contributed by atoms with Crippen molar-refractivity contribution in [3.8, 4) is 6.07 Å². The summed E-state index contributed by atoms with van der Waals surface area (Å²) in [4.78, 5) is 0. The highest BCUT2D eigenvalue weighted by Crippen LogP contribution is 2.27. The summed E-state index contributed by atoms with van der Waals surface area (Å²) in [7, 11) is 0. The van der Waals surface area contributed by atoms with Gasteiger partial charge in [-0.15, -0.1) is 0 Å². The summed E-state index contributed by atoms with van der Waals surface area (Å²) in [5, 5.41) is 11.5. The van der Waals surface area contributed by atoms with Crippen molar-refractivity contribution in [2.75, 3.05) is 5.32 Å². The molecule has 2 aromatic carbocycles. The zero-order valence-corrected chi connectivity index (χ0v) is 11.6. The van der Waals surface area contributed by atoms with Gasteiger partial charge in [0, 0.05) is 12.2 Å². The van der Waals surface area contributed by atoms with Crippen LogP contribution in [-0.4, -0.2) is 0 Å². The SMILES string of the molecule is N#Cc1cc(F)cc(CNc2cc(Cl)c(F)c(Cl)c2)c1. The van der Waals surface area contributed by atoms with E-state index < -0.39 is 11.6 Å². The van der Waals surface area contributed by atoms with E-state index in [4.69, 9.17) is 28.5 Å². The first-order valence-corrected chi connectivity index (χ1v) is 6.33. The van der Waals surface area contributed by atoms with Gasteiger partial charge < -0.3 is 5.32 Å². The molecule has 0 aliphatic rings. The number of hydrogen-bond acceptors (Lipinski definition) is 2. The van der Waals surface area contributed by atoms with Gasteiger partial charge in [0.15, 0.2) is 5.82 Å². The Bertz CT molecular complexity index is 673. The van der Waals surface area contributed by atoms with Crippen LogP contribution in [0.15, 0.2) is 30.3 Å². The minimum atomic E-state index is -0.684. The van der Waals surface area contributed by atoms with E-state index in [9.17, 15) is 8.78 Å². The third kappa shape index (κ3) is 3.38. The van der Waals surface area contributed by atoms with Crippen LogP contribution in [0.25, 0.3) is 0 Å². The Kier molecular flexibility index (Phi) is 4.43. The minimum Gasteiger partial charge on any atom is -0.381 e. The number of nitrogens with one attached hydrogen (secondary N) is 1. The van der Waals surface area contributed by atoms with Crippen LogP contribution in [0, 0.1) is 23.0 Å². The van der Waals surface area contributed by atoms with Gasteiger partial charge in [-0.2, -0.15) is 5.26 Å². The van der Waals surface area contributed by atoms with Gasteiger partial charge in [-0.05, 0) is 35.9 Å². The number of nitriles is 1. The van der Waals surface area contributed by atoms with Crippen LogP contribution < -0.4 is 5.32 Å². The predicted octanol–water partition coefficient (Wildman–Crippen LogP) is 4.76. The van der Waals surface area contributed by atoms with Crippen molar-refractivity contribution in [2.24, 2.45) is 0 Å². The molecule has 102 valence electrons. The first-order valence-electron chi connectivity index (χ1n) is 5.57. The second-order valence-corrected chi connectivity index (χ2v) is 4.88. The molecule has 0 bridgehead atoms. The Morgan fingerprint density at radius 1 is 1.05 bits per heavy atom. The number of nitrogens with zero attached hydrogens (tertiary/aromatic N) is 1. The third-order valence-corrected chi connectivity index (χ3v) is 3.12. The molecular formula is C14H8Cl2F2N2. The lowest BCUT2D eigenvalue weighted by Crippen LogP contribution is -2.01. The van der Waals surface area contributed by atoms with E-state index in [-0.39, 0.29) is 22.2 Å². The van der Waals surface area contributed by atoms with E-state index in [0.29, 0.717) is 11.3 Å². The van der Waals surface area contributed by atoms with Crippen LogP contribution in [0.3, 0.4) is 0 Å². The van der Waals surface area contributed by atoms with Crippen molar-refractivity contribution in [3.63, 3.8) is 0 Å². The molecule has 0 spiro atoms. The molecule has 2 nitrogen and oxygen atoms in total. The van der Waals surface area contributed by atoms with E-state index >= 15 is 0 Å². The van der Waals surface area contributed by atoms with E-state index in [2.05, 4.69) is 5.32 Å². The van der Waals surface area contributed by atoms with Gasteiger partial charge in [0.1, 0.15) is 5.82 Å². The van der Waals surface area contributed by atoms with Crippen molar-refractivity contribution in [1.82, 2.24) is 0 Å². The van der Waals surface area contributed by atoms with Crippen molar-refractivity contribution in [2.45, 2.75) is 6.54 Å². The second-order valence-electron chi connectivity index (χ2n) is 4.07. The van der Waals surface area contributed by atoms with Crippen LogP contribution in [0.2, 0.25) is 10.0 Å². The van der Waals surface area contributed by atoms with Crippen molar-refractivity contribution in [3.05, 3.63) is 63.1 Å². The monoisotopic (exact) mass is 312 g/mol. The lowest BCUT2D eigenvalue weighted by molar-refractivity contribution is 0.625. The number of hydrogen-bond donors (Lipinski definition) is 1. The van der Waals surface area contributed by atoms with Crippen LogP contribution in [0.1, 0.15) is 11.1 Å². The minimum absolute atomic E-state index is 0.100. The van der Waals surface area contributed by atoms with Gasteiger partial charge in [-0.25, -0.2) is 8.78 Å². The van der Waals surface area contributed by atoms with Gasteiger partial charge in [0.05, 0.1) is 21.7 Å². The van der Waals surface area contributed by atoms with Crippen molar-refractivity contribution < 1.29 is 8.78 Å². The molecule has 0 saturated heterocycles.